The van der Waals surface area contributed by atoms with E-state index in [9.17, 15) is 12.8 Å². The summed E-state index contributed by atoms with van der Waals surface area (Å²) in [6.07, 6.45) is 0. The molecule has 21 heavy (non-hydrogen) atoms. The van der Waals surface area contributed by atoms with E-state index < -0.39 is 15.8 Å². The maximum Gasteiger partial charge on any atom is 0.263 e. The van der Waals surface area contributed by atoms with Gasteiger partial charge in [0.05, 0.1) is 10.2 Å². The molecule has 0 saturated carbocycles. The third-order valence-corrected chi connectivity index (χ3v) is 5.71. The quantitative estimate of drug-likeness (QED) is 0.767. The van der Waals surface area contributed by atoms with Crippen molar-refractivity contribution in [2.24, 2.45) is 5.73 Å². The molecule has 4 nitrogen and oxygen atoms in total. The SMILES string of the molecule is NCc1ccc(Br)c(S(=O)(=O)Nc2ccc(Br)c(F)c2)c1. The molecule has 0 heterocycles. The fraction of sp³-hybridized carbons (Fsp3) is 0.0769. The molecule has 0 saturated heterocycles. The predicted octanol–water partition coefficient (Wildman–Crippen LogP) is 3.61. The Kier molecular flexibility index (Phi) is 5.03. The van der Waals surface area contributed by atoms with Gasteiger partial charge in [-0.1, -0.05) is 6.07 Å². The minimum atomic E-state index is -3.84. The predicted molar refractivity (Wildman–Crippen MR) is 86.9 cm³/mol. The standard InChI is InChI=1S/C13H11Br2FN2O2S/c14-10-4-2-9(6-12(10)16)18-21(19,20)13-5-8(7-17)1-3-11(13)15/h1-6,18H,7,17H2. The van der Waals surface area contributed by atoms with Crippen molar-refractivity contribution < 1.29 is 12.8 Å². The molecule has 2 aromatic rings. The van der Waals surface area contributed by atoms with Gasteiger partial charge in [0.15, 0.2) is 0 Å². The smallest absolute Gasteiger partial charge is 0.263 e. The highest BCUT2D eigenvalue weighted by atomic mass is 79.9. The van der Waals surface area contributed by atoms with Crippen molar-refractivity contribution in [1.29, 1.82) is 0 Å². The van der Waals surface area contributed by atoms with Gasteiger partial charge in [0.25, 0.3) is 10.0 Å². The number of nitrogens with two attached hydrogens (primary N) is 1. The van der Waals surface area contributed by atoms with Gasteiger partial charge in [-0.15, -0.1) is 0 Å². The van der Waals surface area contributed by atoms with Crippen LogP contribution in [0.15, 0.2) is 50.2 Å². The van der Waals surface area contributed by atoms with Gasteiger partial charge in [-0.3, -0.25) is 4.72 Å². The largest absolute Gasteiger partial charge is 0.326 e. The van der Waals surface area contributed by atoms with Crippen molar-refractivity contribution in [2.75, 3.05) is 4.72 Å². The van der Waals surface area contributed by atoms with E-state index in [1.165, 1.54) is 18.2 Å². The van der Waals surface area contributed by atoms with E-state index in [0.29, 0.717) is 10.0 Å². The second-order valence-electron chi connectivity index (χ2n) is 4.20. The van der Waals surface area contributed by atoms with Crippen molar-refractivity contribution in [1.82, 2.24) is 0 Å². The summed E-state index contributed by atoms with van der Waals surface area (Å²) in [4.78, 5) is 0.0498. The summed E-state index contributed by atoms with van der Waals surface area (Å²) in [5.41, 5.74) is 6.34. The fourth-order valence-electron chi connectivity index (χ4n) is 1.65. The van der Waals surface area contributed by atoms with E-state index in [1.807, 2.05) is 0 Å². The zero-order valence-electron chi connectivity index (χ0n) is 10.6. The second-order valence-corrected chi connectivity index (χ2v) is 7.56. The molecule has 8 heteroatoms. The van der Waals surface area contributed by atoms with Gasteiger partial charge in [-0.05, 0) is 67.8 Å². The first-order valence-electron chi connectivity index (χ1n) is 5.80. The van der Waals surface area contributed by atoms with Crippen LogP contribution in [0.3, 0.4) is 0 Å². The second kappa shape index (κ2) is 6.43. The Hall–Kier alpha value is -0.960. The van der Waals surface area contributed by atoms with Gasteiger partial charge in [-0.25, -0.2) is 12.8 Å². The molecule has 0 bridgehead atoms. The third kappa shape index (κ3) is 3.82. The summed E-state index contributed by atoms with van der Waals surface area (Å²) < 4.78 is 41.2. The molecule has 2 rings (SSSR count). The van der Waals surface area contributed by atoms with Crippen molar-refractivity contribution in [3.8, 4) is 0 Å². The zero-order valence-corrected chi connectivity index (χ0v) is 14.6. The van der Waals surface area contributed by atoms with E-state index >= 15 is 0 Å². The lowest BCUT2D eigenvalue weighted by Crippen LogP contribution is -2.14. The first-order chi connectivity index (χ1) is 9.83. The highest BCUT2D eigenvalue weighted by Gasteiger charge is 2.18. The highest BCUT2D eigenvalue weighted by Crippen LogP contribution is 2.26. The van der Waals surface area contributed by atoms with Crippen LogP contribution in [0.1, 0.15) is 5.56 Å². The summed E-state index contributed by atoms with van der Waals surface area (Å²) in [7, 11) is -3.84. The lowest BCUT2D eigenvalue weighted by molar-refractivity contribution is 0.600. The van der Waals surface area contributed by atoms with Crippen LogP contribution < -0.4 is 10.5 Å². The van der Waals surface area contributed by atoms with Crippen LogP contribution in [0.5, 0.6) is 0 Å². The van der Waals surface area contributed by atoms with Crippen LogP contribution in [-0.2, 0) is 16.6 Å². The minimum Gasteiger partial charge on any atom is -0.326 e. The van der Waals surface area contributed by atoms with Gasteiger partial charge in [0, 0.05) is 11.0 Å². The van der Waals surface area contributed by atoms with Crippen LogP contribution in [-0.4, -0.2) is 8.42 Å². The Bertz CT molecular complexity index is 782. The third-order valence-electron chi connectivity index (χ3n) is 2.69. The summed E-state index contributed by atoms with van der Waals surface area (Å²) >= 11 is 6.20. The van der Waals surface area contributed by atoms with Gasteiger partial charge in [0.2, 0.25) is 0 Å². The number of benzene rings is 2. The number of hydrogen-bond donors (Lipinski definition) is 2. The number of anilines is 1. The summed E-state index contributed by atoms with van der Waals surface area (Å²) in [5.74, 6) is -0.551. The average molecular weight is 438 g/mol. The molecule has 3 N–H and O–H groups in total. The molecule has 0 aliphatic carbocycles. The summed E-state index contributed by atoms with van der Waals surface area (Å²) in [6.45, 7) is 0.225. The van der Waals surface area contributed by atoms with Crippen LogP contribution in [0, 0.1) is 5.82 Å². The van der Waals surface area contributed by atoms with Crippen LogP contribution in [0.2, 0.25) is 0 Å². The van der Waals surface area contributed by atoms with E-state index in [-0.39, 0.29) is 21.6 Å². The number of nitrogens with one attached hydrogen (secondary N) is 1. The molecular weight excluding hydrogens is 427 g/mol. The van der Waals surface area contributed by atoms with Crippen LogP contribution in [0.4, 0.5) is 10.1 Å². The molecule has 0 aliphatic heterocycles. The molecule has 0 unspecified atom stereocenters. The van der Waals surface area contributed by atoms with E-state index in [0.717, 1.165) is 6.07 Å². The molecule has 0 amide bonds. The number of halogens is 3. The number of sulfonamides is 1. The Morgan fingerprint density at radius 3 is 2.38 bits per heavy atom. The van der Waals surface area contributed by atoms with Gasteiger partial charge >= 0.3 is 0 Å². The molecule has 0 aromatic heterocycles. The first-order valence-corrected chi connectivity index (χ1v) is 8.87. The zero-order chi connectivity index (χ0) is 15.6. The van der Waals surface area contributed by atoms with Crippen molar-refractivity contribution in [3.05, 3.63) is 56.7 Å². The highest BCUT2D eigenvalue weighted by molar-refractivity contribution is 9.10. The van der Waals surface area contributed by atoms with Gasteiger partial charge in [-0.2, -0.15) is 0 Å². The maximum atomic E-state index is 13.4. The Morgan fingerprint density at radius 2 is 1.76 bits per heavy atom. The molecule has 0 spiro atoms. The molecule has 112 valence electrons. The molecular formula is C13H11Br2FN2O2S. The Balaban J connectivity index is 2.40. The Morgan fingerprint density at radius 1 is 1.10 bits per heavy atom. The first kappa shape index (κ1) is 16.4. The van der Waals surface area contributed by atoms with E-state index in [4.69, 9.17) is 5.73 Å². The minimum absolute atomic E-state index is 0.0498. The monoisotopic (exact) mass is 436 g/mol. The lowest BCUT2D eigenvalue weighted by atomic mass is 10.2. The average Bonchev–Trinajstić information content (AvgIpc) is 2.43. The van der Waals surface area contributed by atoms with Crippen molar-refractivity contribution >= 4 is 47.6 Å². The van der Waals surface area contributed by atoms with Crippen LogP contribution in [0.25, 0.3) is 0 Å². The summed E-state index contributed by atoms with van der Waals surface area (Å²) in [5, 5.41) is 0. The van der Waals surface area contributed by atoms with Crippen molar-refractivity contribution in [3.63, 3.8) is 0 Å². The lowest BCUT2D eigenvalue weighted by Gasteiger charge is -2.11. The topological polar surface area (TPSA) is 72.2 Å². The van der Waals surface area contributed by atoms with Crippen LogP contribution >= 0.6 is 31.9 Å². The van der Waals surface area contributed by atoms with E-state index in [2.05, 4.69) is 36.6 Å². The number of rotatable bonds is 4. The molecule has 0 radical (unpaired) electrons. The fourth-order valence-corrected chi connectivity index (χ4v) is 3.96. The molecule has 0 atom stereocenters. The molecule has 0 fully saturated rings. The molecule has 0 aliphatic rings. The van der Waals surface area contributed by atoms with Gasteiger partial charge in [0.1, 0.15) is 10.7 Å². The number of hydrogen-bond acceptors (Lipinski definition) is 3. The molecule has 2 aromatic carbocycles. The summed E-state index contributed by atoms with van der Waals surface area (Å²) in [6, 6.07) is 8.80. The maximum absolute atomic E-state index is 13.4. The Labute approximate surface area is 138 Å². The van der Waals surface area contributed by atoms with Crippen molar-refractivity contribution in [2.45, 2.75) is 11.4 Å². The van der Waals surface area contributed by atoms with Gasteiger partial charge < -0.3 is 5.73 Å². The van der Waals surface area contributed by atoms with E-state index in [1.54, 1.807) is 12.1 Å². The normalized spacial score (nSPS) is 11.4.